The van der Waals surface area contributed by atoms with Crippen LogP contribution in [-0.2, 0) is 0 Å². The van der Waals surface area contributed by atoms with E-state index in [4.69, 9.17) is 0 Å². The summed E-state index contributed by atoms with van der Waals surface area (Å²) in [4.78, 5) is 32.6. The van der Waals surface area contributed by atoms with Crippen molar-refractivity contribution in [2.75, 3.05) is 44.0 Å². The van der Waals surface area contributed by atoms with Gasteiger partial charge in [0.1, 0.15) is 29.6 Å². The average molecular weight is 469 g/mol. The van der Waals surface area contributed by atoms with Crippen LogP contribution >= 0.6 is 0 Å². The number of carbonyl (C=O) groups is 1. The molecule has 0 unspecified atom stereocenters. The highest BCUT2D eigenvalue weighted by atomic mass is 19.1. The van der Waals surface area contributed by atoms with E-state index in [0.717, 1.165) is 38.8 Å². The molecule has 2 fully saturated rings. The molecule has 0 radical (unpaired) electrons. The third-order valence-corrected chi connectivity index (χ3v) is 6.47. The first kappa shape index (κ1) is 22.3. The van der Waals surface area contributed by atoms with Crippen LogP contribution in [-0.4, -0.2) is 69.4 Å². The summed E-state index contributed by atoms with van der Waals surface area (Å²) in [6.07, 6.45) is 6.88. The lowest BCUT2D eigenvalue weighted by Crippen LogP contribution is -2.38. The molecule has 5 rings (SSSR count). The zero-order valence-corrected chi connectivity index (χ0v) is 19.1. The SMILES string of the molecule is CNc1cc(Nc2cccn(C3CCN(CCF)CC3)c2=O)nc2c(C(=O)NC3CC3)cnn12. The van der Waals surface area contributed by atoms with E-state index in [1.54, 1.807) is 34.5 Å². The van der Waals surface area contributed by atoms with Gasteiger partial charge in [-0.15, -0.1) is 0 Å². The van der Waals surface area contributed by atoms with Crippen molar-refractivity contribution in [1.29, 1.82) is 0 Å². The first-order valence-electron chi connectivity index (χ1n) is 11.7. The zero-order valence-electron chi connectivity index (χ0n) is 19.1. The van der Waals surface area contributed by atoms with Gasteiger partial charge in [0.15, 0.2) is 5.65 Å². The van der Waals surface area contributed by atoms with Crippen molar-refractivity contribution < 1.29 is 9.18 Å². The summed E-state index contributed by atoms with van der Waals surface area (Å²) in [5.41, 5.74) is 1.05. The minimum absolute atomic E-state index is 0.0703. The highest BCUT2D eigenvalue weighted by Gasteiger charge is 2.26. The summed E-state index contributed by atoms with van der Waals surface area (Å²) < 4.78 is 16.0. The van der Waals surface area contributed by atoms with Crippen LogP contribution in [0.2, 0.25) is 0 Å². The normalized spacial score (nSPS) is 17.1. The van der Waals surface area contributed by atoms with Gasteiger partial charge in [-0.25, -0.2) is 9.37 Å². The van der Waals surface area contributed by atoms with E-state index < -0.39 is 0 Å². The number of anilines is 3. The summed E-state index contributed by atoms with van der Waals surface area (Å²) in [5, 5.41) is 13.5. The lowest BCUT2D eigenvalue weighted by Gasteiger charge is -2.32. The summed E-state index contributed by atoms with van der Waals surface area (Å²) in [5.74, 6) is 0.866. The number of aromatic nitrogens is 4. The first-order valence-corrected chi connectivity index (χ1v) is 11.7. The topological polar surface area (TPSA) is 109 Å². The number of alkyl halides is 1. The van der Waals surface area contributed by atoms with Gasteiger partial charge < -0.3 is 25.4 Å². The van der Waals surface area contributed by atoms with Gasteiger partial charge in [-0.2, -0.15) is 9.61 Å². The Hall–Kier alpha value is -3.47. The standard InChI is InChI=1S/C23H29FN8O2/c1-25-20-13-19(29-21-17(14-26-32(20)21)22(33)27-15-4-5-15)28-18-3-2-9-31(23(18)34)16-6-10-30(11-7-16)12-8-24/h2-3,9,13-16,25H,4-8,10-12H2,1H3,(H,27,33)(H,28,29). The Kier molecular flexibility index (Phi) is 6.18. The Balaban J connectivity index is 1.41. The van der Waals surface area contributed by atoms with Crippen molar-refractivity contribution in [2.24, 2.45) is 0 Å². The predicted octanol–water partition coefficient (Wildman–Crippen LogP) is 2.17. The molecule has 0 bridgehead atoms. The van der Waals surface area contributed by atoms with Gasteiger partial charge in [0.05, 0.1) is 6.20 Å². The third kappa shape index (κ3) is 4.47. The van der Waals surface area contributed by atoms with E-state index in [9.17, 15) is 14.0 Å². The summed E-state index contributed by atoms with van der Waals surface area (Å²) >= 11 is 0. The van der Waals surface area contributed by atoms with Gasteiger partial charge in [0.2, 0.25) is 0 Å². The number of nitrogens with zero attached hydrogens (tertiary/aromatic N) is 5. The minimum Gasteiger partial charge on any atom is -0.373 e. The molecule has 2 aliphatic rings. The fourth-order valence-electron chi connectivity index (χ4n) is 4.43. The number of hydrogen-bond donors (Lipinski definition) is 3. The molecule has 1 saturated carbocycles. The fraction of sp³-hybridized carbons (Fsp3) is 0.478. The van der Waals surface area contributed by atoms with E-state index in [-0.39, 0.29) is 30.2 Å². The second-order valence-corrected chi connectivity index (χ2v) is 8.84. The number of amides is 1. The van der Waals surface area contributed by atoms with Crippen LogP contribution in [0.5, 0.6) is 0 Å². The lowest BCUT2D eigenvalue weighted by atomic mass is 10.0. The predicted molar refractivity (Wildman–Crippen MR) is 128 cm³/mol. The molecule has 1 aliphatic heterocycles. The van der Waals surface area contributed by atoms with Crippen LogP contribution in [0.15, 0.2) is 35.4 Å². The number of rotatable bonds is 8. The molecule has 1 saturated heterocycles. The molecular formula is C23H29FN8O2. The molecule has 0 spiro atoms. The molecule has 1 aliphatic carbocycles. The number of nitrogens with one attached hydrogen (secondary N) is 3. The number of hydrogen-bond acceptors (Lipinski definition) is 7. The maximum absolute atomic E-state index is 13.3. The second-order valence-electron chi connectivity index (χ2n) is 8.84. The molecule has 3 aromatic rings. The smallest absolute Gasteiger partial charge is 0.274 e. The number of pyridine rings is 1. The van der Waals surface area contributed by atoms with Crippen molar-refractivity contribution in [2.45, 2.75) is 37.8 Å². The van der Waals surface area contributed by atoms with E-state index in [2.05, 4.69) is 30.9 Å². The van der Waals surface area contributed by atoms with Gasteiger partial charge in [-0.05, 0) is 37.8 Å². The van der Waals surface area contributed by atoms with Gasteiger partial charge >= 0.3 is 0 Å². The van der Waals surface area contributed by atoms with Crippen LogP contribution < -0.4 is 21.5 Å². The number of carbonyl (C=O) groups excluding carboxylic acids is 1. The van der Waals surface area contributed by atoms with Gasteiger partial charge in [-0.3, -0.25) is 9.59 Å². The van der Waals surface area contributed by atoms with Crippen LogP contribution in [0, 0.1) is 0 Å². The Labute approximate surface area is 196 Å². The lowest BCUT2D eigenvalue weighted by molar-refractivity contribution is 0.0952. The summed E-state index contributed by atoms with van der Waals surface area (Å²) in [6.45, 7) is 1.64. The van der Waals surface area contributed by atoms with Crippen LogP contribution in [0.3, 0.4) is 0 Å². The van der Waals surface area contributed by atoms with Crippen LogP contribution in [0.25, 0.3) is 5.65 Å². The van der Waals surface area contributed by atoms with Gasteiger partial charge in [-0.1, -0.05) is 0 Å². The molecule has 1 amide bonds. The number of piperidine rings is 1. The summed E-state index contributed by atoms with van der Waals surface area (Å²) in [7, 11) is 1.76. The molecule has 4 heterocycles. The molecular weight excluding hydrogens is 439 g/mol. The first-order chi connectivity index (χ1) is 16.6. The quantitative estimate of drug-likeness (QED) is 0.465. The average Bonchev–Trinajstić information content (AvgIpc) is 3.55. The minimum atomic E-state index is -0.350. The maximum atomic E-state index is 13.3. The highest BCUT2D eigenvalue weighted by molar-refractivity contribution is 6.00. The van der Waals surface area contributed by atoms with Crippen molar-refractivity contribution in [3.05, 3.63) is 46.5 Å². The van der Waals surface area contributed by atoms with Crippen molar-refractivity contribution in [1.82, 2.24) is 29.4 Å². The van der Waals surface area contributed by atoms with E-state index in [1.807, 2.05) is 6.07 Å². The van der Waals surface area contributed by atoms with Crippen molar-refractivity contribution in [3.8, 4) is 0 Å². The Morgan fingerprint density at radius 1 is 1.24 bits per heavy atom. The van der Waals surface area contributed by atoms with Crippen LogP contribution in [0.4, 0.5) is 21.7 Å². The van der Waals surface area contributed by atoms with E-state index in [0.29, 0.717) is 35.1 Å². The zero-order chi connectivity index (χ0) is 23.7. The fourth-order valence-corrected chi connectivity index (χ4v) is 4.43. The Bertz CT molecular complexity index is 1240. The van der Waals surface area contributed by atoms with Crippen molar-refractivity contribution >= 4 is 28.9 Å². The highest BCUT2D eigenvalue weighted by Crippen LogP contribution is 2.24. The number of halogens is 1. The molecule has 3 N–H and O–H groups in total. The summed E-state index contributed by atoms with van der Waals surface area (Å²) in [6, 6.07) is 5.59. The van der Waals surface area contributed by atoms with E-state index in [1.165, 1.54) is 6.20 Å². The molecule has 3 aromatic heterocycles. The third-order valence-electron chi connectivity index (χ3n) is 6.47. The molecule has 34 heavy (non-hydrogen) atoms. The largest absolute Gasteiger partial charge is 0.373 e. The van der Waals surface area contributed by atoms with Gasteiger partial charge in [0.25, 0.3) is 11.5 Å². The molecule has 11 heteroatoms. The Morgan fingerprint density at radius 2 is 2.03 bits per heavy atom. The number of likely N-dealkylation sites (tertiary alicyclic amines) is 1. The van der Waals surface area contributed by atoms with Crippen LogP contribution in [0.1, 0.15) is 42.1 Å². The van der Waals surface area contributed by atoms with Crippen molar-refractivity contribution in [3.63, 3.8) is 0 Å². The maximum Gasteiger partial charge on any atom is 0.274 e. The van der Waals surface area contributed by atoms with E-state index >= 15 is 0 Å². The monoisotopic (exact) mass is 468 g/mol. The molecule has 180 valence electrons. The van der Waals surface area contributed by atoms with Gasteiger partial charge in [0, 0.05) is 51.0 Å². The second kappa shape index (κ2) is 9.41. The number of fused-ring (bicyclic) bond motifs is 1. The Morgan fingerprint density at radius 3 is 2.74 bits per heavy atom. The molecule has 10 nitrogen and oxygen atoms in total. The molecule has 0 aromatic carbocycles. The molecule has 0 atom stereocenters.